The second-order valence-corrected chi connectivity index (χ2v) is 6.00. The van der Waals surface area contributed by atoms with E-state index in [1.807, 2.05) is 48.5 Å². The Morgan fingerprint density at radius 3 is 2.62 bits per heavy atom. The van der Waals surface area contributed by atoms with Crippen molar-refractivity contribution in [3.63, 3.8) is 0 Å². The van der Waals surface area contributed by atoms with Gasteiger partial charge in [-0.25, -0.2) is 0 Å². The van der Waals surface area contributed by atoms with Crippen LogP contribution in [0.3, 0.4) is 0 Å². The molecule has 0 aromatic heterocycles. The van der Waals surface area contributed by atoms with Gasteiger partial charge in [-0.2, -0.15) is 5.26 Å². The molecule has 3 rings (SSSR count). The summed E-state index contributed by atoms with van der Waals surface area (Å²) in [4.78, 5) is 16.0. The van der Waals surface area contributed by atoms with Crippen LogP contribution in [0.2, 0.25) is 0 Å². The van der Waals surface area contributed by atoms with Crippen molar-refractivity contribution in [1.29, 1.82) is 5.26 Å². The highest BCUT2D eigenvalue weighted by molar-refractivity contribution is 5.83. The average molecular weight is 321 g/mol. The number of anilines is 1. The predicted molar refractivity (Wildman–Crippen MR) is 91.8 cm³/mol. The molecule has 0 bridgehead atoms. The van der Waals surface area contributed by atoms with Gasteiger partial charge >= 0.3 is 0 Å². The Labute approximate surface area is 141 Å². The van der Waals surface area contributed by atoms with Gasteiger partial charge in [0.1, 0.15) is 5.75 Å². The molecule has 0 radical (unpaired) electrons. The monoisotopic (exact) mass is 321 g/mol. The normalized spacial score (nSPS) is 15.9. The smallest absolute Gasteiger partial charge is 0.265 e. The lowest BCUT2D eigenvalue weighted by atomic mass is 10.1. The molecular formula is C19H19N3O2. The Balaban J connectivity index is 1.87. The first-order valence-electron chi connectivity index (χ1n) is 7.79. The van der Waals surface area contributed by atoms with E-state index in [4.69, 9.17) is 10.00 Å². The summed E-state index contributed by atoms with van der Waals surface area (Å²) in [5.41, 5.74) is 2.70. The molecule has 2 aromatic rings. The Kier molecular flexibility index (Phi) is 4.39. The van der Waals surface area contributed by atoms with E-state index in [0.717, 1.165) is 17.0 Å². The Hall–Kier alpha value is -3.00. The van der Waals surface area contributed by atoms with Gasteiger partial charge in [0, 0.05) is 20.6 Å². The molecule has 122 valence electrons. The van der Waals surface area contributed by atoms with Crippen molar-refractivity contribution in [3.05, 3.63) is 59.7 Å². The van der Waals surface area contributed by atoms with Crippen molar-refractivity contribution in [2.45, 2.75) is 12.6 Å². The number of nitriles is 1. The minimum atomic E-state index is -0.520. The number of fused-ring (bicyclic) bond motifs is 1. The Morgan fingerprint density at radius 2 is 1.96 bits per heavy atom. The molecule has 1 aliphatic rings. The van der Waals surface area contributed by atoms with E-state index in [0.29, 0.717) is 18.7 Å². The molecular weight excluding hydrogens is 302 g/mol. The zero-order valence-corrected chi connectivity index (χ0v) is 13.8. The lowest BCUT2D eigenvalue weighted by Crippen LogP contribution is -2.48. The van der Waals surface area contributed by atoms with Gasteiger partial charge in [-0.15, -0.1) is 0 Å². The summed E-state index contributed by atoms with van der Waals surface area (Å²) < 4.78 is 5.88. The third-order valence-corrected chi connectivity index (χ3v) is 4.03. The predicted octanol–water partition coefficient (Wildman–Crippen LogP) is 2.41. The quantitative estimate of drug-likeness (QED) is 0.871. The number of para-hydroxylation sites is 2. The van der Waals surface area contributed by atoms with Crippen LogP contribution in [-0.2, 0) is 11.3 Å². The number of benzene rings is 2. The lowest BCUT2D eigenvalue weighted by Gasteiger charge is -2.36. The van der Waals surface area contributed by atoms with Crippen LogP contribution in [0, 0.1) is 11.3 Å². The zero-order chi connectivity index (χ0) is 17.1. The van der Waals surface area contributed by atoms with Crippen LogP contribution in [0.5, 0.6) is 5.75 Å². The van der Waals surface area contributed by atoms with E-state index < -0.39 is 6.10 Å². The van der Waals surface area contributed by atoms with E-state index in [-0.39, 0.29) is 5.91 Å². The van der Waals surface area contributed by atoms with E-state index >= 15 is 0 Å². The third-order valence-electron chi connectivity index (χ3n) is 4.03. The molecule has 24 heavy (non-hydrogen) atoms. The van der Waals surface area contributed by atoms with Crippen LogP contribution >= 0.6 is 0 Å². The van der Waals surface area contributed by atoms with Gasteiger partial charge in [-0.1, -0.05) is 24.3 Å². The molecule has 5 heteroatoms. The van der Waals surface area contributed by atoms with Gasteiger partial charge in [-0.3, -0.25) is 4.79 Å². The number of amides is 1. The van der Waals surface area contributed by atoms with Crippen molar-refractivity contribution in [1.82, 2.24) is 4.90 Å². The van der Waals surface area contributed by atoms with E-state index in [1.165, 1.54) is 0 Å². The summed E-state index contributed by atoms with van der Waals surface area (Å²) in [6, 6.07) is 17.4. The molecule has 5 nitrogen and oxygen atoms in total. The summed E-state index contributed by atoms with van der Waals surface area (Å²) in [7, 11) is 3.47. The molecule has 1 amide bonds. The van der Waals surface area contributed by atoms with Crippen molar-refractivity contribution >= 4 is 11.6 Å². The third kappa shape index (κ3) is 3.18. The molecule has 0 saturated heterocycles. The molecule has 0 fully saturated rings. The summed E-state index contributed by atoms with van der Waals surface area (Å²) in [5, 5.41) is 8.91. The first kappa shape index (κ1) is 15.9. The van der Waals surface area contributed by atoms with E-state index in [2.05, 4.69) is 11.0 Å². The van der Waals surface area contributed by atoms with Crippen LogP contribution in [0.15, 0.2) is 48.5 Å². The SMILES string of the molecule is CN(C)C(=O)[C@H]1CN(Cc2ccc(C#N)cc2)c2ccccc2O1. The highest BCUT2D eigenvalue weighted by atomic mass is 16.5. The second kappa shape index (κ2) is 6.63. The van der Waals surface area contributed by atoms with Crippen molar-refractivity contribution in [2.75, 3.05) is 25.5 Å². The lowest BCUT2D eigenvalue weighted by molar-refractivity contribution is -0.136. The molecule has 0 saturated carbocycles. The van der Waals surface area contributed by atoms with E-state index in [1.54, 1.807) is 19.0 Å². The van der Waals surface area contributed by atoms with Gasteiger partial charge in [0.2, 0.25) is 0 Å². The minimum Gasteiger partial charge on any atom is -0.477 e. The second-order valence-electron chi connectivity index (χ2n) is 6.00. The number of rotatable bonds is 3. The van der Waals surface area contributed by atoms with Crippen LogP contribution < -0.4 is 9.64 Å². The zero-order valence-electron chi connectivity index (χ0n) is 13.8. The number of carbonyl (C=O) groups is 1. The maximum absolute atomic E-state index is 12.3. The Bertz CT molecular complexity index is 778. The van der Waals surface area contributed by atoms with Crippen molar-refractivity contribution < 1.29 is 9.53 Å². The number of carbonyl (C=O) groups excluding carboxylic acids is 1. The number of likely N-dealkylation sites (N-methyl/N-ethyl adjacent to an activating group) is 1. The summed E-state index contributed by atoms with van der Waals surface area (Å²) in [5.74, 6) is 0.673. The molecule has 1 heterocycles. The van der Waals surface area contributed by atoms with Crippen LogP contribution in [-0.4, -0.2) is 37.6 Å². The van der Waals surface area contributed by atoms with Crippen molar-refractivity contribution in [3.8, 4) is 11.8 Å². The minimum absolute atomic E-state index is 0.0469. The molecule has 1 aliphatic heterocycles. The van der Waals surface area contributed by atoms with Crippen LogP contribution in [0.4, 0.5) is 5.69 Å². The fraction of sp³-hybridized carbons (Fsp3) is 0.263. The maximum atomic E-state index is 12.3. The number of nitrogens with zero attached hydrogens (tertiary/aromatic N) is 3. The highest BCUT2D eigenvalue weighted by Crippen LogP contribution is 2.34. The summed E-state index contributed by atoms with van der Waals surface area (Å²) in [6.45, 7) is 1.15. The van der Waals surface area contributed by atoms with Gasteiger partial charge < -0.3 is 14.5 Å². The van der Waals surface area contributed by atoms with Crippen LogP contribution in [0.1, 0.15) is 11.1 Å². The molecule has 2 aromatic carbocycles. The number of hydrogen-bond donors (Lipinski definition) is 0. The Morgan fingerprint density at radius 1 is 1.25 bits per heavy atom. The first-order chi connectivity index (χ1) is 11.6. The maximum Gasteiger partial charge on any atom is 0.265 e. The van der Waals surface area contributed by atoms with Gasteiger partial charge in [-0.05, 0) is 29.8 Å². The fourth-order valence-corrected chi connectivity index (χ4v) is 2.78. The average Bonchev–Trinajstić information content (AvgIpc) is 2.61. The highest BCUT2D eigenvalue weighted by Gasteiger charge is 2.31. The molecule has 0 N–H and O–H groups in total. The van der Waals surface area contributed by atoms with Gasteiger partial charge in [0.25, 0.3) is 5.91 Å². The summed E-state index contributed by atoms with van der Waals surface area (Å²) in [6.07, 6.45) is -0.520. The van der Waals surface area contributed by atoms with Gasteiger partial charge in [0.05, 0.1) is 23.9 Å². The largest absolute Gasteiger partial charge is 0.477 e. The topological polar surface area (TPSA) is 56.6 Å². The molecule has 1 atom stereocenters. The fourth-order valence-electron chi connectivity index (χ4n) is 2.78. The standard InChI is InChI=1S/C19H19N3O2/c1-21(2)19(23)18-13-22(16-5-3-4-6-17(16)24-18)12-15-9-7-14(11-20)8-10-15/h3-10,18H,12-13H2,1-2H3/t18-/m1/s1. The summed E-state index contributed by atoms with van der Waals surface area (Å²) >= 11 is 0. The van der Waals surface area contributed by atoms with Gasteiger partial charge in [0.15, 0.2) is 6.10 Å². The number of ether oxygens (including phenoxy) is 1. The number of hydrogen-bond acceptors (Lipinski definition) is 4. The molecule has 0 unspecified atom stereocenters. The van der Waals surface area contributed by atoms with Crippen LogP contribution in [0.25, 0.3) is 0 Å². The first-order valence-corrected chi connectivity index (χ1v) is 7.79. The molecule has 0 spiro atoms. The van der Waals surface area contributed by atoms with E-state index in [9.17, 15) is 4.79 Å². The molecule has 0 aliphatic carbocycles. The van der Waals surface area contributed by atoms with Crippen molar-refractivity contribution in [2.24, 2.45) is 0 Å².